The van der Waals surface area contributed by atoms with Crippen molar-refractivity contribution < 1.29 is 14.3 Å². The van der Waals surface area contributed by atoms with Crippen LogP contribution >= 0.6 is 0 Å². The molecule has 0 amide bonds. The molecule has 0 aliphatic heterocycles. The van der Waals surface area contributed by atoms with Crippen LogP contribution in [-0.2, 0) is 4.74 Å². The van der Waals surface area contributed by atoms with E-state index in [0.717, 1.165) is 5.39 Å². The van der Waals surface area contributed by atoms with Crippen LogP contribution in [0.4, 0.5) is 0 Å². The number of rotatable bonds is 2. The zero-order chi connectivity index (χ0) is 14.8. The highest BCUT2D eigenvalue weighted by Crippen LogP contribution is 2.19. The van der Waals surface area contributed by atoms with E-state index < -0.39 is 5.97 Å². The van der Waals surface area contributed by atoms with Crippen LogP contribution in [0.15, 0.2) is 60.8 Å². The Morgan fingerprint density at radius 2 is 1.71 bits per heavy atom. The lowest BCUT2D eigenvalue weighted by Gasteiger charge is -2.05. The van der Waals surface area contributed by atoms with Crippen molar-refractivity contribution in [3.63, 3.8) is 0 Å². The second-order valence-electron chi connectivity index (χ2n) is 4.62. The fourth-order valence-electron chi connectivity index (χ4n) is 2.27. The molecule has 3 rings (SSSR count). The lowest BCUT2D eigenvalue weighted by atomic mass is 10.1. The van der Waals surface area contributed by atoms with Crippen LogP contribution in [0, 0.1) is 0 Å². The fourth-order valence-corrected chi connectivity index (χ4v) is 2.27. The minimum Gasteiger partial charge on any atom is -0.465 e. The molecule has 0 atom stereocenters. The Morgan fingerprint density at radius 3 is 2.43 bits per heavy atom. The predicted molar refractivity (Wildman–Crippen MR) is 79.4 cm³/mol. The number of aromatic nitrogens is 1. The highest BCUT2D eigenvalue weighted by molar-refractivity contribution is 6.03. The number of esters is 1. The summed E-state index contributed by atoms with van der Waals surface area (Å²) in [5.74, 6) is -0.551. The first-order chi connectivity index (χ1) is 10.2. The van der Waals surface area contributed by atoms with Crippen molar-refractivity contribution >= 4 is 22.8 Å². The summed E-state index contributed by atoms with van der Waals surface area (Å²) in [4.78, 5) is 24.1. The Kier molecular flexibility index (Phi) is 3.28. The van der Waals surface area contributed by atoms with Crippen molar-refractivity contribution in [2.24, 2.45) is 0 Å². The molecular formula is C17H13NO3. The highest BCUT2D eigenvalue weighted by Gasteiger charge is 2.13. The lowest BCUT2D eigenvalue weighted by Crippen LogP contribution is -2.11. The molecule has 0 saturated carbocycles. The number of nitrogens with zero attached hydrogens (tertiary/aromatic N) is 1. The van der Waals surface area contributed by atoms with Crippen molar-refractivity contribution in [1.82, 2.24) is 4.57 Å². The molecule has 104 valence electrons. The van der Waals surface area contributed by atoms with E-state index in [2.05, 4.69) is 0 Å². The second kappa shape index (κ2) is 5.25. The molecule has 1 heterocycles. The summed E-state index contributed by atoms with van der Waals surface area (Å²) >= 11 is 0. The summed E-state index contributed by atoms with van der Waals surface area (Å²) in [5, 5.41) is 0.895. The molecule has 4 heteroatoms. The Balaban J connectivity index is 2.11. The molecule has 0 aliphatic carbocycles. The molecular weight excluding hydrogens is 266 g/mol. The van der Waals surface area contributed by atoms with E-state index in [4.69, 9.17) is 4.74 Å². The molecule has 0 fully saturated rings. The average molecular weight is 279 g/mol. The van der Waals surface area contributed by atoms with Gasteiger partial charge in [0.1, 0.15) is 0 Å². The smallest absolute Gasteiger partial charge is 0.337 e. The number of benzene rings is 2. The van der Waals surface area contributed by atoms with Gasteiger partial charge in [-0.15, -0.1) is 0 Å². The minimum absolute atomic E-state index is 0.132. The monoisotopic (exact) mass is 279 g/mol. The standard InChI is InChI=1S/C17H13NO3/c1-21-17(20)14-8-7-12-9-10-18(15(12)11-14)16(19)13-5-3-2-4-6-13/h2-11H,1H3. The van der Waals surface area contributed by atoms with E-state index in [1.807, 2.05) is 24.3 Å². The van der Waals surface area contributed by atoms with Crippen LogP contribution in [0.2, 0.25) is 0 Å². The third-order valence-corrected chi connectivity index (χ3v) is 3.35. The summed E-state index contributed by atoms with van der Waals surface area (Å²) in [6.45, 7) is 0. The largest absolute Gasteiger partial charge is 0.465 e. The van der Waals surface area contributed by atoms with Gasteiger partial charge in [-0.1, -0.05) is 24.3 Å². The zero-order valence-corrected chi connectivity index (χ0v) is 11.4. The molecule has 4 nitrogen and oxygen atoms in total. The SMILES string of the molecule is COC(=O)c1ccc2ccn(C(=O)c3ccccc3)c2c1. The minimum atomic E-state index is -0.420. The third-order valence-electron chi connectivity index (χ3n) is 3.35. The van der Waals surface area contributed by atoms with Gasteiger partial charge in [0.25, 0.3) is 5.91 Å². The van der Waals surface area contributed by atoms with Gasteiger partial charge in [-0.2, -0.15) is 0 Å². The first kappa shape index (κ1) is 13.1. The zero-order valence-electron chi connectivity index (χ0n) is 11.4. The third kappa shape index (κ3) is 2.31. The molecule has 3 aromatic rings. The quantitative estimate of drug-likeness (QED) is 0.677. The Labute approximate surface area is 121 Å². The van der Waals surface area contributed by atoms with Crippen molar-refractivity contribution in [2.75, 3.05) is 7.11 Å². The molecule has 0 aliphatic rings. The summed E-state index contributed by atoms with van der Waals surface area (Å²) in [7, 11) is 1.33. The average Bonchev–Trinajstić information content (AvgIpc) is 2.97. The van der Waals surface area contributed by atoms with E-state index >= 15 is 0 Å². The molecule has 21 heavy (non-hydrogen) atoms. The molecule has 0 N–H and O–H groups in total. The van der Waals surface area contributed by atoms with Gasteiger partial charge in [-0.05, 0) is 30.3 Å². The van der Waals surface area contributed by atoms with Crippen LogP contribution in [-0.4, -0.2) is 23.6 Å². The topological polar surface area (TPSA) is 48.3 Å². The fraction of sp³-hybridized carbons (Fsp3) is 0.0588. The van der Waals surface area contributed by atoms with Crippen molar-refractivity contribution in [3.8, 4) is 0 Å². The highest BCUT2D eigenvalue weighted by atomic mass is 16.5. The molecule has 0 bridgehead atoms. The van der Waals surface area contributed by atoms with E-state index in [1.165, 1.54) is 11.7 Å². The van der Waals surface area contributed by atoms with E-state index in [0.29, 0.717) is 16.6 Å². The van der Waals surface area contributed by atoms with Crippen LogP contribution in [0.3, 0.4) is 0 Å². The molecule has 2 aromatic carbocycles. The van der Waals surface area contributed by atoms with Crippen molar-refractivity contribution in [2.45, 2.75) is 0 Å². The van der Waals surface area contributed by atoms with Gasteiger partial charge in [0.15, 0.2) is 0 Å². The number of fused-ring (bicyclic) bond motifs is 1. The molecule has 0 unspecified atom stereocenters. The first-order valence-corrected chi connectivity index (χ1v) is 6.50. The normalized spacial score (nSPS) is 10.5. The van der Waals surface area contributed by atoms with E-state index in [9.17, 15) is 9.59 Å². The van der Waals surface area contributed by atoms with Gasteiger partial charge in [0.2, 0.25) is 0 Å². The number of hydrogen-bond acceptors (Lipinski definition) is 3. The molecule has 0 saturated heterocycles. The van der Waals surface area contributed by atoms with E-state index in [-0.39, 0.29) is 5.91 Å². The van der Waals surface area contributed by atoms with Gasteiger partial charge in [-0.25, -0.2) is 4.79 Å². The Hall–Kier alpha value is -2.88. The van der Waals surface area contributed by atoms with Gasteiger partial charge in [-0.3, -0.25) is 9.36 Å². The molecule has 1 aromatic heterocycles. The molecule has 0 radical (unpaired) electrons. The predicted octanol–water partition coefficient (Wildman–Crippen LogP) is 3.12. The van der Waals surface area contributed by atoms with Crippen LogP contribution < -0.4 is 0 Å². The first-order valence-electron chi connectivity index (χ1n) is 6.50. The number of hydrogen-bond donors (Lipinski definition) is 0. The van der Waals surface area contributed by atoms with E-state index in [1.54, 1.807) is 36.5 Å². The molecule has 0 spiro atoms. The Bertz CT molecular complexity index is 818. The van der Waals surface area contributed by atoms with Crippen LogP contribution in [0.5, 0.6) is 0 Å². The van der Waals surface area contributed by atoms with Gasteiger partial charge < -0.3 is 4.74 Å². The second-order valence-corrected chi connectivity index (χ2v) is 4.62. The number of ether oxygens (including phenoxy) is 1. The van der Waals surface area contributed by atoms with Gasteiger partial charge in [0.05, 0.1) is 18.2 Å². The summed E-state index contributed by atoms with van der Waals surface area (Å²) < 4.78 is 6.25. The number of methoxy groups -OCH3 is 1. The van der Waals surface area contributed by atoms with Crippen molar-refractivity contribution in [3.05, 3.63) is 71.9 Å². The lowest BCUT2D eigenvalue weighted by molar-refractivity contribution is 0.0600. The van der Waals surface area contributed by atoms with Gasteiger partial charge >= 0.3 is 5.97 Å². The summed E-state index contributed by atoms with van der Waals surface area (Å²) in [6, 6.07) is 16.0. The number of carbonyl (C=O) groups is 2. The summed E-state index contributed by atoms with van der Waals surface area (Å²) in [5.41, 5.74) is 1.70. The Morgan fingerprint density at radius 1 is 0.952 bits per heavy atom. The maximum absolute atomic E-state index is 12.5. The maximum Gasteiger partial charge on any atom is 0.337 e. The van der Waals surface area contributed by atoms with Gasteiger partial charge in [0, 0.05) is 17.1 Å². The van der Waals surface area contributed by atoms with Crippen LogP contribution in [0.25, 0.3) is 10.9 Å². The van der Waals surface area contributed by atoms with Crippen LogP contribution in [0.1, 0.15) is 20.7 Å². The summed E-state index contributed by atoms with van der Waals surface area (Å²) in [6.07, 6.45) is 1.71. The number of carbonyl (C=O) groups excluding carboxylic acids is 2. The van der Waals surface area contributed by atoms with Crippen molar-refractivity contribution in [1.29, 1.82) is 0 Å². The maximum atomic E-state index is 12.5.